The smallest absolute Gasteiger partial charge is 0.252 e. The third-order valence-corrected chi connectivity index (χ3v) is 6.21. The molecule has 1 aliphatic heterocycles. The van der Waals surface area contributed by atoms with Crippen LogP contribution in [0.3, 0.4) is 0 Å². The SMILES string of the molecule is CCC(C)NC(=O)C(NC(=O)c1ccccc1C)C1CCN(C(=O)C2CC2)CC1. The molecule has 2 atom stereocenters. The Bertz CT molecular complexity index is 751. The summed E-state index contributed by atoms with van der Waals surface area (Å²) in [7, 11) is 0. The number of likely N-dealkylation sites (tertiary alicyclic amines) is 1. The Labute approximate surface area is 173 Å². The van der Waals surface area contributed by atoms with Crippen LogP contribution in [0.2, 0.25) is 0 Å². The zero-order valence-corrected chi connectivity index (χ0v) is 17.7. The Morgan fingerprint density at radius 3 is 2.31 bits per heavy atom. The molecule has 6 heteroatoms. The lowest BCUT2D eigenvalue weighted by Crippen LogP contribution is -2.55. The van der Waals surface area contributed by atoms with Crippen LogP contribution >= 0.6 is 0 Å². The van der Waals surface area contributed by atoms with Gasteiger partial charge in [-0.05, 0) is 63.5 Å². The number of carbonyl (C=O) groups excluding carboxylic acids is 3. The third kappa shape index (κ3) is 5.37. The molecule has 2 fully saturated rings. The molecular formula is C23H33N3O3. The van der Waals surface area contributed by atoms with Crippen LogP contribution in [-0.4, -0.2) is 47.8 Å². The molecule has 1 aliphatic carbocycles. The molecule has 1 aromatic rings. The molecule has 0 radical (unpaired) electrons. The van der Waals surface area contributed by atoms with E-state index in [1.54, 1.807) is 6.07 Å². The van der Waals surface area contributed by atoms with Crippen molar-refractivity contribution in [3.05, 3.63) is 35.4 Å². The first-order valence-electron chi connectivity index (χ1n) is 10.9. The van der Waals surface area contributed by atoms with E-state index < -0.39 is 6.04 Å². The van der Waals surface area contributed by atoms with Crippen molar-refractivity contribution in [1.82, 2.24) is 15.5 Å². The number of aryl methyl sites for hydroxylation is 1. The lowest BCUT2D eigenvalue weighted by atomic mass is 9.88. The van der Waals surface area contributed by atoms with Gasteiger partial charge < -0.3 is 15.5 Å². The molecule has 1 saturated carbocycles. The maximum Gasteiger partial charge on any atom is 0.252 e. The summed E-state index contributed by atoms with van der Waals surface area (Å²) in [5, 5.41) is 6.02. The largest absolute Gasteiger partial charge is 0.352 e. The summed E-state index contributed by atoms with van der Waals surface area (Å²) in [5.74, 6) is 0.150. The normalized spacial score (nSPS) is 19.3. The van der Waals surface area contributed by atoms with Crippen molar-refractivity contribution in [2.45, 2.75) is 65.0 Å². The quantitative estimate of drug-likeness (QED) is 0.740. The first-order chi connectivity index (χ1) is 13.9. The van der Waals surface area contributed by atoms with Gasteiger partial charge in [0.15, 0.2) is 0 Å². The molecule has 1 aromatic carbocycles. The van der Waals surface area contributed by atoms with Crippen LogP contribution in [0.1, 0.15) is 61.9 Å². The molecule has 29 heavy (non-hydrogen) atoms. The Kier molecular flexibility index (Phi) is 6.93. The van der Waals surface area contributed by atoms with Crippen LogP contribution in [0.25, 0.3) is 0 Å². The number of amides is 3. The van der Waals surface area contributed by atoms with Gasteiger partial charge in [0.2, 0.25) is 11.8 Å². The van der Waals surface area contributed by atoms with Gasteiger partial charge in [-0.1, -0.05) is 25.1 Å². The number of benzene rings is 1. The topological polar surface area (TPSA) is 78.5 Å². The first kappa shape index (κ1) is 21.3. The minimum atomic E-state index is -0.589. The van der Waals surface area contributed by atoms with Crippen LogP contribution in [0.5, 0.6) is 0 Å². The highest BCUT2D eigenvalue weighted by molar-refractivity contribution is 5.98. The van der Waals surface area contributed by atoms with E-state index in [1.807, 2.05) is 43.9 Å². The van der Waals surface area contributed by atoms with Crippen molar-refractivity contribution in [2.75, 3.05) is 13.1 Å². The lowest BCUT2D eigenvalue weighted by Gasteiger charge is -2.36. The van der Waals surface area contributed by atoms with Crippen LogP contribution in [0.15, 0.2) is 24.3 Å². The van der Waals surface area contributed by atoms with Gasteiger partial charge in [0.25, 0.3) is 5.91 Å². The van der Waals surface area contributed by atoms with E-state index in [-0.39, 0.29) is 35.6 Å². The maximum atomic E-state index is 13.0. The average Bonchev–Trinajstić information content (AvgIpc) is 3.57. The summed E-state index contributed by atoms with van der Waals surface area (Å²) >= 11 is 0. The molecule has 3 amide bonds. The Morgan fingerprint density at radius 1 is 1.07 bits per heavy atom. The number of piperidine rings is 1. The maximum absolute atomic E-state index is 13.0. The minimum absolute atomic E-state index is 0.0234. The molecule has 2 unspecified atom stereocenters. The summed E-state index contributed by atoms with van der Waals surface area (Å²) in [6.07, 6.45) is 4.30. The predicted octanol–water partition coefficient (Wildman–Crippen LogP) is 2.66. The Morgan fingerprint density at radius 2 is 1.72 bits per heavy atom. The highest BCUT2D eigenvalue weighted by Crippen LogP contribution is 2.33. The van der Waals surface area contributed by atoms with Gasteiger partial charge in [-0.3, -0.25) is 14.4 Å². The molecule has 3 rings (SSSR count). The van der Waals surface area contributed by atoms with Gasteiger partial charge in [0.05, 0.1) is 0 Å². The summed E-state index contributed by atoms with van der Waals surface area (Å²) in [6.45, 7) is 7.20. The predicted molar refractivity (Wildman–Crippen MR) is 112 cm³/mol. The Hall–Kier alpha value is -2.37. The molecule has 0 spiro atoms. The highest BCUT2D eigenvalue weighted by atomic mass is 16.2. The first-order valence-corrected chi connectivity index (χ1v) is 10.9. The van der Waals surface area contributed by atoms with Gasteiger partial charge in [-0.2, -0.15) is 0 Å². The number of hydrogen-bond donors (Lipinski definition) is 2. The second-order valence-electron chi connectivity index (χ2n) is 8.52. The summed E-state index contributed by atoms with van der Waals surface area (Å²) in [4.78, 5) is 40.1. The second kappa shape index (κ2) is 9.42. The van der Waals surface area contributed by atoms with E-state index in [9.17, 15) is 14.4 Å². The molecule has 0 bridgehead atoms. The van der Waals surface area contributed by atoms with Crippen LogP contribution in [0, 0.1) is 18.8 Å². The van der Waals surface area contributed by atoms with Crippen LogP contribution < -0.4 is 10.6 Å². The second-order valence-corrected chi connectivity index (χ2v) is 8.52. The summed E-state index contributed by atoms with van der Waals surface area (Å²) < 4.78 is 0. The number of rotatable bonds is 7. The fraction of sp³-hybridized carbons (Fsp3) is 0.609. The molecular weight excluding hydrogens is 366 g/mol. The molecule has 1 saturated heterocycles. The van der Waals surface area contributed by atoms with E-state index >= 15 is 0 Å². The van der Waals surface area contributed by atoms with Crippen molar-refractivity contribution < 1.29 is 14.4 Å². The summed E-state index contributed by atoms with van der Waals surface area (Å²) in [6, 6.07) is 6.87. The van der Waals surface area contributed by atoms with Crippen LogP contribution in [0.4, 0.5) is 0 Å². The zero-order valence-electron chi connectivity index (χ0n) is 17.7. The van der Waals surface area contributed by atoms with E-state index in [0.29, 0.717) is 18.7 Å². The van der Waals surface area contributed by atoms with Gasteiger partial charge in [-0.15, -0.1) is 0 Å². The fourth-order valence-corrected chi connectivity index (χ4v) is 3.92. The molecule has 2 N–H and O–H groups in total. The van der Waals surface area contributed by atoms with E-state index in [1.165, 1.54) is 0 Å². The molecule has 2 aliphatic rings. The standard InChI is InChI=1S/C23H33N3O3/c1-4-16(3)24-22(28)20(25-21(27)19-8-6-5-7-15(19)2)17-11-13-26(14-12-17)23(29)18-9-10-18/h5-8,16-18,20H,4,9-14H2,1-3H3,(H,24,28)(H,25,27). The number of nitrogens with one attached hydrogen (secondary N) is 2. The third-order valence-electron chi connectivity index (χ3n) is 6.21. The molecule has 6 nitrogen and oxygen atoms in total. The monoisotopic (exact) mass is 399 g/mol. The Balaban J connectivity index is 1.69. The van der Waals surface area contributed by atoms with Crippen molar-refractivity contribution in [1.29, 1.82) is 0 Å². The van der Waals surface area contributed by atoms with E-state index in [2.05, 4.69) is 10.6 Å². The van der Waals surface area contributed by atoms with E-state index in [0.717, 1.165) is 37.7 Å². The van der Waals surface area contributed by atoms with Crippen LogP contribution in [-0.2, 0) is 9.59 Å². The lowest BCUT2D eigenvalue weighted by molar-refractivity contribution is -0.134. The zero-order chi connectivity index (χ0) is 21.0. The van der Waals surface area contributed by atoms with E-state index in [4.69, 9.17) is 0 Å². The van der Waals surface area contributed by atoms with Crippen molar-refractivity contribution >= 4 is 17.7 Å². The van der Waals surface area contributed by atoms with Gasteiger partial charge >= 0.3 is 0 Å². The molecule has 0 aromatic heterocycles. The van der Waals surface area contributed by atoms with Crippen molar-refractivity contribution in [3.63, 3.8) is 0 Å². The minimum Gasteiger partial charge on any atom is -0.352 e. The number of carbonyl (C=O) groups is 3. The number of hydrogen-bond acceptors (Lipinski definition) is 3. The average molecular weight is 400 g/mol. The van der Waals surface area contributed by atoms with Crippen molar-refractivity contribution in [3.8, 4) is 0 Å². The van der Waals surface area contributed by atoms with Crippen molar-refractivity contribution in [2.24, 2.45) is 11.8 Å². The molecule has 1 heterocycles. The van der Waals surface area contributed by atoms with Gasteiger partial charge in [0.1, 0.15) is 6.04 Å². The number of nitrogens with zero attached hydrogens (tertiary/aromatic N) is 1. The summed E-state index contributed by atoms with van der Waals surface area (Å²) in [5.41, 5.74) is 1.48. The van der Waals surface area contributed by atoms with Gasteiger partial charge in [0, 0.05) is 30.6 Å². The van der Waals surface area contributed by atoms with Gasteiger partial charge in [-0.25, -0.2) is 0 Å². The fourth-order valence-electron chi connectivity index (χ4n) is 3.92. The highest BCUT2D eigenvalue weighted by Gasteiger charge is 2.38. The molecule has 158 valence electrons.